The van der Waals surface area contributed by atoms with Crippen LogP contribution < -0.4 is 10.1 Å². The third kappa shape index (κ3) is 8.30. The first-order chi connectivity index (χ1) is 10.3. The average Bonchev–Trinajstić information content (AvgIpc) is 2.49. The van der Waals surface area contributed by atoms with E-state index in [9.17, 15) is 0 Å². The van der Waals surface area contributed by atoms with Crippen LogP contribution in [0.2, 0.25) is 5.02 Å². The molecule has 1 aromatic carbocycles. The van der Waals surface area contributed by atoms with E-state index >= 15 is 0 Å². The fraction of sp³-hybridized carbons (Fsp3) is 0.647. The fourth-order valence-electron chi connectivity index (χ4n) is 2.11. The van der Waals surface area contributed by atoms with Gasteiger partial charge in [-0.25, -0.2) is 0 Å². The first kappa shape index (κ1) is 18.3. The maximum atomic E-state index is 6.07. The molecule has 3 nitrogen and oxygen atoms in total. The number of ether oxygens (including phenoxy) is 2. The van der Waals surface area contributed by atoms with Gasteiger partial charge in [-0.1, -0.05) is 44.2 Å². The van der Waals surface area contributed by atoms with Gasteiger partial charge in [0.1, 0.15) is 5.75 Å². The highest BCUT2D eigenvalue weighted by molar-refractivity contribution is 6.30. The molecule has 0 radical (unpaired) electrons. The molecule has 0 saturated carbocycles. The first-order valence-electron chi connectivity index (χ1n) is 7.88. The van der Waals surface area contributed by atoms with E-state index in [2.05, 4.69) is 12.2 Å². The summed E-state index contributed by atoms with van der Waals surface area (Å²) >= 11 is 6.07. The summed E-state index contributed by atoms with van der Waals surface area (Å²) in [5.41, 5.74) is 1.10. The van der Waals surface area contributed by atoms with Crippen LogP contribution in [0.15, 0.2) is 18.2 Å². The number of rotatable bonds is 12. The van der Waals surface area contributed by atoms with Crippen molar-refractivity contribution in [2.45, 2.75) is 45.6 Å². The molecule has 1 N–H and O–H groups in total. The molecule has 1 rings (SSSR count). The fourth-order valence-corrected chi connectivity index (χ4v) is 2.31. The van der Waals surface area contributed by atoms with Crippen LogP contribution in [0.25, 0.3) is 0 Å². The number of benzene rings is 1. The van der Waals surface area contributed by atoms with Crippen molar-refractivity contribution in [1.29, 1.82) is 0 Å². The number of hydrogen-bond donors (Lipinski definition) is 1. The minimum atomic E-state index is 0.703. The summed E-state index contributed by atoms with van der Waals surface area (Å²) in [5, 5.41) is 4.07. The molecule has 0 unspecified atom stereocenters. The molecule has 0 saturated heterocycles. The number of nitrogens with one attached hydrogen (secondary N) is 1. The van der Waals surface area contributed by atoms with Crippen LogP contribution in [-0.2, 0) is 11.3 Å². The van der Waals surface area contributed by atoms with Crippen molar-refractivity contribution in [2.24, 2.45) is 0 Å². The van der Waals surface area contributed by atoms with Crippen LogP contribution >= 0.6 is 11.6 Å². The normalized spacial score (nSPS) is 10.8. The van der Waals surface area contributed by atoms with Gasteiger partial charge in [0.15, 0.2) is 0 Å². The Morgan fingerprint density at radius 3 is 2.67 bits per heavy atom. The molecule has 0 aliphatic rings. The number of halogens is 1. The van der Waals surface area contributed by atoms with Gasteiger partial charge in [0.2, 0.25) is 0 Å². The summed E-state index contributed by atoms with van der Waals surface area (Å²) in [6.45, 7) is 5.27. The molecule has 0 heterocycles. The van der Waals surface area contributed by atoms with Gasteiger partial charge < -0.3 is 14.8 Å². The molecular formula is C17H28ClNO2. The molecule has 0 bridgehead atoms. The SMILES string of the molecule is CCCCCCCOc1ccc(Cl)cc1CNCCOC. The standard InChI is InChI=1S/C17H28ClNO2/c1-3-4-5-6-7-11-21-17-9-8-16(18)13-15(17)14-19-10-12-20-2/h8-9,13,19H,3-7,10-12,14H2,1-2H3. The zero-order valence-corrected chi connectivity index (χ0v) is 14.0. The predicted octanol–water partition coefficient (Wildman–Crippen LogP) is 4.43. The van der Waals surface area contributed by atoms with Gasteiger partial charge in [-0.15, -0.1) is 0 Å². The van der Waals surface area contributed by atoms with Gasteiger partial charge in [-0.2, -0.15) is 0 Å². The van der Waals surface area contributed by atoms with E-state index < -0.39 is 0 Å². The second-order valence-corrected chi connectivity index (χ2v) is 5.62. The Hall–Kier alpha value is -0.770. The third-order valence-electron chi connectivity index (χ3n) is 3.33. The summed E-state index contributed by atoms with van der Waals surface area (Å²) in [6, 6.07) is 5.81. The summed E-state index contributed by atoms with van der Waals surface area (Å²) in [7, 11) is 1.70. The molecule has 0 aliphatic carbocycles. The van der Waals surface area contributed by atoms with Crippen LogP contribution in [-0.4, -0.2) is 26.9 Å². The van der Waals surface area contributed by atoms with E-state index in [0.717, 1.165) is 42.5 Å². The second-order valence-electron chi connectivity index (χ2n) is 5.18. The van der Waals surface area contributed by atoms with Crippen LogP contribution in [0, 0.1) is 0 Å². The van der Waals surface area contributed by atoms with Gasteiger partial charge in [0.05, 0.1) is 13.2 Å². The number of unbranched alkanes of at least 4 members (excludes halogenated alkanes) is 4. The molecule has 0 fully saturated rings. The van der Waals surface area contributed by atoms with Gasteiger partial charge in [-0.05, 0) is 24.6 Å². The Morgan fingerprint density at radius 1 is 1.10 bits per heavy atom. The summed E-state index contributed by atoms with van der Waals surface area (Å²) in [5.74, 6) is 0.930. The van der Waals surface area contributed by atoms with E-state index in [4.69, 9.17) is 21.1 Å². The van der Waals surface area contributed by atoms with Crippen molar-refractivity contribution in [3.05, 3.63) is 28.8 Å². The minimum Gasteiger partial charge on any atom is -0.493 e. The summed E-state index contributed by atoms with van der Waals surface area (Å²) in [4.78, 5) is 0. The lowest BCUT2D eigenvalue weighted by molar-refractivity contribution is 0.199. The molecule has 0 atom stereocenters. The summed E-state index contributed by atoms with van der Waals surface area (Å²) < 4.78 is 10.9. The Balaban J connectivity index is 2.37. The summed E-state index contributed by atoms with van der Waals surface area (Å²) in [6.07, 6.45) is 6.23. The van der Waals surface area contributed by atoms with Crippen molar-refractivity contribution in [3.63, 3.8) is 0 Å². The Morgan fingerprint density at radius 2 is 1.90 bits per heavy atom. The smallest absolute Gasteiger partial charge is 0.123 e. The third-order valence-corrected chi connectivity index (χ3v) is 3.56. The lowest BCUT2D eigenvalue weighted by Crippen LogP contribution is -2.19. The Kier molecular flexibility index (Phi) is 10.3. The molecule has 0 aliphatic heterocycles. The lowest BCUT2D eigenvalue weighted by atomic mass is 10.1. The van der Waals surface area contributed by atoms with Crippen molar-refractivity contribution in [2.75, 3.05) is 26.9 Å². The molecule has 0 spiro atoms. The largest absolute Gasteiger partial charge is 0.493 e. The Bertz CT molecular complexity index is 385. The lowest BCUT2D eigenvalue weighted by Gasteiger charge is -2.13. The molecule has 4 heteroatoms. The Labute approximate surface area is 134 Å². The van der Waals surface area contributed by atoms with Crippen molar-refractivity contribution in [3.8, 4) is 5.75 Å². The van der Waals surface area contributed by atoms with E-state index in [-0.39, 0.29) is 0 Å². The average molecular weight is 314 g/mol. The molecule has 120 valence electrons. The number of methoxy groups -OCH3 is 1. The van der Waals surface area contributed by atoms with E-state index in [1.807, 2.05) is 18.2 Å². The molecule has 0 aromatic heterocycles. The van der Waals surface area contributed by atoms with E-state index in [1.165, 1.54) is 25.7 Å². The van der Waals surface area contributed by atoms with E-state index in [1.54, 1.807) is 7.11 Å². The highest BCUT2D eigenvalue weighted by atomic mass is 35.5. The maximum Gasteiger partial charge on any atom is 0.123 e. The van der Waals surface area contributed by atoms with Crippen molar-refractivity contribution in [1.82, 2.24) is 5.32 Å². The topological polar surface area (TPSA) is 30.5 Å². The van der Waals surface area contributed by atoms with Gasteiger partial charge in [0, 0.05) is 30.8 Å². The van der Waals surface area contributed by atoms with Gasteiger partial charge >= 0.3 is 0 Å². The van der Waals surface area contributed by atoms with Crippen LogP contribution in [0.5, 0.6) is 5.75 Å². The first-order valence-corrected chi connectivity index (χ1v) is 8.26. The second kappa shape index (κ2) is 11.8. The van der Waals surface area contributed by atoms with Gasteiger partial charge in [0.25, 0.3) is 0 Å². The van der Waals surface area contributed by atoms with Crippen molar-refractivity contribution >= 4 is 11.6 Å². The molecule has 1 aromatic rings. The predicted molar refractivity (Wildman–Crippen MR) is 89.3 cm³/mol. The van der Waals surface area contributed by atoms with Crippen molar-refractivity contribution < 1.29 is 9.47 Å². The van der Waals surface area contributed by atoms with Crippen LogP contribution in [0.3, 0.4) is 0 Å². The minimum absolute atomic E-state index is 0.703. The van der Waals surface area contributed by atoms with Crippen LogP contribution in [0.1, 0.15) is 44.6 Å². The van der Waals surface area contributed by atoms with Gasteiger partial charge in [-0.3, -0.25) is 0 Å². The zero-order chi connectivity index (χ0) is 15.3. The molecular weight excluding hydrogens is 286 g/mol. The monoisotopic (exact) mass is 313 g/mol. The molecule has 0 amide bonds. The maximum absolute atomic E-state index is 6.07. The highest BCUT2D eigenvalue weighted by Crippen LogP contribution is 2.23. The quantitative estimate of drug-likeness (QED) is 0.579. The number of hydrogen-bond acceptors (Lipinski definition) is 3. The van der Waals surface area contributed by atoms with E-state index in [0.29, 0.717) is 6.61 Å². The highest BCUT2D eigenvalue weighted by Gasteiger charge is 2.04. The van der Waals surface area contributed by atoms with Crippen LogP contribution in [0.4, 0.5) is 0 Å². The zero-order valence-electron chi connectivity index (χ0n) is 13.3. The molecule has 21 heavy (non-hydrogen) atoms.